The van der Waals surface area contributed by atoms with Gasteiger partial charge in [-0.25, -0.2) is 0 Å². The van der Waals surface area contributed by atoms with Gasteiger partial charge >= 0.3 is 0 Å². The first-order chi connectivity index (χ1) is 9.19. The molecule has 2 aromatic carbocycles. The molecule has 0 radical (unpaired) electrons. The normalized spacial score (nSPS) is 10.5. The zero-order valence-electron chi connectivity index (χ0n) is 11.9. The van der Waals surface area contributed by atoms with Crippen LogP contribution in [-0.4, -0.2) is 6.54 Å². The zero-order valence-corrected chi connectivity index (χ0v) is 11.9. The molecule has 1 N–H and O–H groups in total. The molecule has 0 aliphatic rings. The van der Waals surface area contributed by atoms with Crippen molar-refractivity contribution in [2.24, 2.45) is 0 Å². The lowest BCUT2D eigenvalue weighted by Gasteiger charge is -2.10. The summed E-state index contributed by atoms with van der Waals surface area (Å²) in [4.78, 5) is 0. The summed E-state index contributed by atoms with van der Waals surface area (Å²) in [7, 11) is 0. The lowest BCUT2D eigenvalue weighted by molar-refractivity contribution is 0.478. The maximum Gasteiger partial charge on any atom is 0.130 e. The van der Waals surface area contributed by atoms with Crippen LogP contribution >= 0.6 is 0 Å². The molecule has 0 unspecified atom stereocenters. The summed E-state index contributed by atoms with van der Waals surface area (Å²) in [5.74, 6) is 1.80. The second-order valence-corrected chi connectivity index (χ2v) is 4.80. The van der Waals surface area contributed by atoms with E-state index in [-0.39, 0.29) is 0 Å². The first-order valence-corrected chi connectivity index (χ1v) is 6.74. The van der Waals surface area contributed by atoms with Crippen LogP contribution in [0.25, 0.3) is 0 Å². The Morgan fingerprint density at radius 2 is 1.74 bits per heavy atom. The minimum atomic E-state index is 0.882. The molecular weight excluding hydrogens is 234 g/mol. The van der Waals surface area contributed by atoms with E-state index in [0.29, 0.717) is 0 Å². The van der Waals surface area contributed by atoms with Gasteiger partial charge in [0.05, 0.1) is 0 Å². The predicted octanol–water partition coefficient (Wildman–Crippen LogP) is 4.21. The second kappa shape index (κ2) is 6.39. The Labute approximate surface area is 115 Å². The van der Waals surface area contributed by atoms with Crippen molar-refractivity contribution in [2.45, 2.75) is 27.3 Å². The Bertz CT molecular complexity index is 531. The minimum absolute atomic E-state index is 0.882. The summed E-state index contributed by atoms with van der Waals surface area (Å²) < 4.78 is 5.90. The quantitative estimate of drug-likeness (QED) is 0.864. The van der Waals surface area contributed by atoms with Crippen LogP contribution in [0, 0.1) is 13.8 Å². The van der Waals surface area contributed by atoms with Crippen molar-refractivity contribution in [3.8, 4) is 11.5 Å². The van der Waals surface area contributed by atoms with Crippen molar-refractivity contribution in [1.82, 2.24) is 5.32 Å². The van der Waals surface area contributed by atoms with E-state index in [4.69, 9.17) is 4.74 Å². The maximum atomic E-state index is 5.90. The smallest absolute Gasteiger partial charge is 0.130 e. The molecule has 2 rings (SSSR count). The Kier molecular flexibility index (Phi) is 4.58. The van der Waals surface area contributed by atoms with Gasteiger partial charge < -0.3 is 10.1 Å². The van der Waals surface area contributed by atoms with Gasteiger partial charge in [0.25, 0.3) is 0 Å². The average molecular weight is 255 g/mol. The minimum Gasteiger partial charge on any atom is -0.457 e. The van der Waals surface area contributed by atoms with Crippen molar-refractivity contribution in [3.05, 3.63) is 59.2 Å². The first-order valence-electron chi connectivity index (χ1n) is 6.74. The second-order valence-electron chi connectivity index (χ2n) is 4.80. The van der Waals surface area contributed by atoms with Gasteiger partial charge in [-0.3, -0.25) is 0 Å². The van der Waals surface area contributed by atoms with Crippen molar-refractivity contribution in [2.75, 3.05) is 6.54 Å². The van der Waals surface area contributed by atoms with Gasteiger partial charge in [-0.15, -0.1) is 0 Å². The first kappa shape index (κ1) is 13.6. The highest BCUT2D eigenvalue weighted by Gasteiger charge is 2.01. The number of benzene rings is 2. The van der Waals surface area contributed by atoms with Gasteiger partial charge in [-0.2, -0.15) is 0 Å². The van der Waals surface area contributed by atoms with Gasteiger partial charge in [0, 0.05) is 6.54 Å². The van der Waals surface area contributed by atoms with Gasteiger partial charge in [-0.05, 0) is 49.7 Å². The molecule has 19 heavy (non-hydrogen) atoms. The molecule has 2 heteroatoms. The fraction of sp³-hybridized carbons (Fsp3) is 0.294. The molecule has 2 aromatic rings. The summed E-state index contributed by atoms with van der Waals surface area (Å²) in [6, 6.07) is 14.5. The summed E-state index contributed by atoms with van der Waals surface area (Å²) in [6.45, 7) is 8.16. The molecule has 0 bridgehead atoms. The van der Waals surface area contributed by atoms with E-state index < -0.39 is 0 Å². The van der Waals surface area contributed by atoms with Crippen LogP contribution in [0.3, 0.4) is 0 Å². The summed E-state index contributed by atoms with van der Waals surface area (Å²) in [5, 5.41) is 3.31. The maximum absolute atomic E-state index is 5.90. The van der Waals surface area contributed by atoms with Crippen molar-refractivity contribution in [3.63, 3.8) is 0 Å². The zero-order chi connectivity index (χ0) is 13.7. The average Bonchev–Trinajstić information content (AvgIpc) is 2.41. The summed E-state index contributed by atoms with van der Waals surface area (Å²) >= 11 is 0. The fourth-order valence-electron chi connectivity index (χ4n) is 1.99. The largest absolute Gasteiger partial charge is 0.457 e. The molecule has 100 valence electrons. The Morgan fingerprint density at radius 1 is 1.00 bits per heavy atom. The van der Waals surface area contributed by atoms with Crippen LogP contribution < -0.4 is 10.1 Å². The third kappa shape index (κ3) is 3.83. The van der Waals surface area contributed by atoms with E-state index in [1.807, 2.05) is 18.2 Å². The van der Waals surface area contributed by atoms with Crippen molar-refractivity contribution in [1.29, 1.82) is 0 Å². The number of ether oxygens (including phenoxy) is 1. The highest BCUT2D eigenvalue weighted by Crippen LogP contribution is 2.25. The number of nitrogens with one attached hydrogen (secondary N) is 1. The number of rotatable bonds is 5. The van der Waals surface area contributed by atoms with Gasteiger partial charge in [0.15, 0.2) is 0 Å². The molecule has 0 heterocycles. The van der Waals surface area contributed by atoms with Gasteiger partial charge in [0.2, 0.25) is 0 Å². The van der Waals surface area contributed by atoms with E-state index in [2.05, 4.69) is 50.4 Å². The molecule has 0 saturated carbocycles. The molecule has 0 fully saturated rings. The molecule has 0 aliphatic heterocycles. The monoisotopic (exact) mass is 255 g/mol. The molecule has 0 atom stereocenters. The molecule has 0 amide bonds. The van der Waals surface area contributed by atoms with E-state index in [0.717, 1.165) is 30.2 Å². The standard InChI is InChI=1S/C17H21NO/c1-4-18-12-15-6-8-16(9-7-15)19-17-10-5-13(2)11-14(17)3/h5-11,18H,4,12H2,1-3H3. The van der Waals surface area contributed by atoms with Crippen LogP contribution in [0.5, 0.6) is 11.5 Å². The number of aryl methyl sites for hydroxylation is 2. The third-order valence-electron chi connectivity index (χ3n) is 3.06. The Hall–Kier alpha value is -1.80. The molecule has 0 aromatic heterocycles. The van der Waals surface area contributed by atoms with E-state index in [9.17, 15) is 0 Å². The van der Waals surface area contributed by atoms with Gasteiger partial charge in [0.1, 0.15) is 11.5 Å². The Balaban J connectivity index is 2.06. The SMILES string of the molecule is CCNCc1ccc(Oc2ccc(C)cc2C)cc1. The fourth-order valence-corrected chi connectivity index (χ4v) is 1.99. The highest BCUT2D eigenvalue weighted by atomic mass is 16.5. The number of hydrogen-bond acceptors (Lipinski definition) is 2. The summed E-state index contributed by atoms with van der Waals surface area (Å²) in [5.41, 5.74) is 3.69. The van der Waals surface area contributed by atoms with Crippen molar-refractivity contribution < 1.29 is 4.74 Å². The van der Waals surface area contributed by atoms with Crippen LogP contribution in [0.1, 0.15) is 23.6 Å². The van der Waals surface area contributed by atoms with Crippen LogP contribution in [0.4, 0.5) is 0 Å². The molecule has 2 nitrogen and oxygen atoms in total. The molecule has 0 spiro atoms. The molecular formula is C17H21NO. The molecule has 0 aliphatic carbocycles. The third-order valence-corrected chi connectivity index (χ3v) is 3.06. The molecule has 0 saturated heterocycles. The van der Waals surface area contributed by atoms with Crippen LogP contribution in [0.2, 0.25) is 0 Å². The lowest BCUT2D eigenvalue weighted by Crippen LogP contribution is -2.11. The van der Waals surface area contributed by atoms with Crippen molar-refractivity contribution >= 4 is 0 Å². The highest BCUT2D eigenvalue weighted by molar-refractivity contribution is 5.39. The Morgan fingerprint density at radius 3 is 2.37 bits per heavy atom. The summed E-state index contributed by atoms with van der Waals surface area (Å²) in [6.07, 6.45) is 0. The topological polar surface area (TPSA) is 21.3 Å². The van der Waals surface area contributed by atoms with Gasteiger partial charge in [-0.1, -0.05) is 36.8 Å². The van der Waals surface area contributed by atoms with Crippen LogP contribution in [0.15, 0.2) is 42.5 Å². The van der Waals surface area contributed by atoms with E-state index in [1.165, 1.54) is 11.1 Å². The number of hydrogen-bond donors (Lipinski definition) is 1. The predicted molar refractivity (Wildman–Crippen MR) is 79.8 cm³/mol. The van der Waals surface area contributed by atoms with E-state index in [1.54, 1.807) is 0 Å². The van der Waals surface area contributed by atoms with Crippen LogP contribution in [-0.2, 0) is 6.54 Å². The lowest BCUT2D eigenvalue weighted by atomic mass is 10.1. The van der Waals surface area contributed by atoms with E-state index >= 15 is 0 Å².